The highest BCUT2D eigenvalue weighted by Crippen LogP contribution is 2.21. The Kier molecular flexibility index (Phi) is 6.06. The van der Waals surface area contributed by atoms with Gasteiger partial charge in [-0.3, -0.25) is 0 Å². The maximum Gasteiger partial charge on any atom is 0.334 e. The molecule has 0 saturated carbocycles. The Morgan fingerprint density at radius 3 is 1.79 bits per heavy atom. The molecule has 1 aliphatic heterocycles. The number of hydrogen-bond acceptors (Lipinski definition) is 8. The first-order valence-electron chi connectivity index (χ1n) is 6.30. The number of hydrogen-bond donors (Lipinski definition) is 4. The number of nitrogens with two attached hydrogens (primary N) is 4. The Hall–Kier alpha value is 0.548. The van der Waals surface area contributed by atoms with E-state index in [2.05, 4.69) is 0 Å². The van der Waals surface area contributed by atoms with Crippen LogP contribution in [0.5, 0.6) is 0 Å². The van der Waals surface area contributed by atoms with Gasteiger partial charge in [0.1, 0.15) is 5.79 Å². The first-order chi connectivity index (χ1) is 8.52. The normalized spacial score (nSPS) is 39.5. The molecule has 0 radical (unpaired) electrons. The lowest BCUT2D eigenvalue weighted by Crippen LogP contribution is -2.68. The molecule has 0 amide bonds. The summed E-state index contributed by atoms with van der Waals surface area (Å²) in [6, 6.07) is 0. The van der Waals surface area contributed by atoms with E-state index in [0.29, 0.717) is 0 Å². The topological polar surface area (TPSA) is 141 Å². The van der Waals surface area contributed by atoms with Crippen molar-refractivity contribution in [1.82, 2.24) is 0 Å². The van der Waals surface area contributed by atoms with Crippen molar-refractivity contribution in [2.75, 3.05) is 0 Å². The van der Waals surface area contributed by atoms with Crippen molar-refractivity contribution >= 4 is 36.4 Å². The molecule has 0 aliphatic carbocycles. The summed E-state index contributed by atoms with van der Waals surface area (Å²) in [4.78, 5) is 0. The van der Waals surface area contributed by atoms with Gasteiger partial charge in [-0.25, -0.2) is 0 Å². The van der Waals surface area contributed by atoms with Gasteiger partial charge in [0.15, 0.2) is 0 Å². The maximum absolute atomic E-state index is 6.16. The van der Waals surface area contributed by atoms with Gasteiger partial charge in [-0.2, -0.15) is 0 Å². The Morgan fingerprint density at radius 1 is 1.00 bits per heavy atom. The maximum atomic E-state index is 6.16. The van der Waals surface area contributed by atoms with Crippen molar-refractivity contribution < 1.29 is 16.5 Å². The lowest BCUT2D eigenvalue weighted by Gasteiger charge is -2.41. The van der Waals surface area contributed by atoms with E-state index in [-0.39, 0.29) is 6.42 Å². The van der Waals surface area contributed by atoms with Crippen molar-refractivity contribution in [2.45, 2.75) is 44.1 Å². The molecule has 0 bridgehead atoms. The molecule has 0 aromatic rings. The van der Waals surface area contributed by atoms with Gasteiger partial charge in [0.2, 0.25) is 0 Å². The Morgan fingerprint density at radius 2 is 1.42 bits per heavy atom. The van der Waals surface area contributed by atoms with E-state index in [1.165, 1.54) is 0 Å². The molecule has 19 heavy (non-hydrogen) atoms. The molecule has 1 heterocycles. The Balaban J connectivity index is 2.81. The van der Waals surface area contributed by atoms with Crippen LogP contribution < -0.4 is 22.9 Å². The third-order valence-corrected chi connectivity index (χ3v) is 16.9. The van der Waals surface area contributed by atoms with Crippen molar-refractivity contribution in [1.29, 1.82) is 0 Å². The molecule has 8 N–H and O–H groups in total. The Labute approximate surface area is 120 Å². The summed E-state index contributed by atoms with van der Waals surface area (Å²) >= 11 is 0. The highest BCUT2D eigenvalue weighted by atomic mass is 28.5. The zero-order valence-corrected chi connectivity index (χ0v) is 16.4. The van der Waals surface area contributed by atoms with E-state index < -0.39 is 47.9 Å². The molecule has 1 fully saturated rings. The van der Waals surface area contributed by atoms with Gasteiger partial charge >= 0.3 is 8.56 Å². The van der Waals surface area contributed by atoms with Crippen LogP contribution in [0, 0.1) is 0 Å². The molecule has 0 aromatic heterocycles. The summed E-state index contributed by atoms with van der Waals surface area (Å²) in [5, 5.41) is 0. The van der Waals surface area contributed by atoms with Crippen LogP contribution in [0.15, 0.2) is 0 Å². The first-order valence-corrected chi connectivity index (χ1v) is 15.0. The van der Waals surface area contributed by atoms with Gasteiger partial charge in [0.25, 0.3) is 27.9 Å². The first kappa shape index (κ1) is 17.6. The van der Waals surface area contributed by atoms with E-state index in [1.807, 2.05) is 26.2 Å². The molecule has 3 atom stereocenters. The van der Waals surface area contributed by atoms with Crippen molar-refractivity contribution in [3.63, 3.8) is 0 Å². The molecule has 1 aliphatic rings. The van der Waals surface area contributed by atoms with E-state index >= 15 is 0 Å². The summed E-state index contributed by atoms with van der Waals surface area (Å²) in [5.41, 5.74) is 22.6. The van der Waals surface area contributed by atoms with Crippen LogP contribution in [0.3, 0.4) is 0 Å². The van der Waals surface area contributed by atoms with Gasteiger partial charge in [-0.1, -0.05) is 0 Å². The molecule has 1 rings (SSSR count). The van der Waals surface area contributed by atoms with Crippen LogP contribution in [0.2, 0.25) is 26.2 Å². The van der Waals surface area contributed by atoms with Crippen LogP contribution in [0.4, 0.5) is 0 Å². The highest BCUT2D eigenvalue weighted by molar-refractivity contribution is 6.81. The third kappa shape index (κ3) is 5.82. The second kappa shape index (κ2) is 6.54. The molecule has 0 aromatic carbocycles. The second-order valence-corrected chi connectivity index (χ2v) is 15.4. The fraction of sp³-hybridized carbons (Fsp3) is 1.00. The van der Waals surface area contributed by atoms with Gasteiger partial charge in [0.05, 0.1) is 5.67 Å². The molecule has 0 spiro atoms. The summed E-state index contributed by atoms with van der Waals surface area (Å²) in [5.74, 6) is -1.33. The lowest BCUT2D eigenvalue weighted by atomic mass is 10.3. The van der Waals surface area contributed by atoms with E-state index in [4.69, 9.17) is 39.4 Å². The Bertz CT molecular complexity index is 293. The van der Waals surface area contributed by atoms with Gasteiger partial charge in [-0.05, 0) is 26.2 Å². The van der Waals surface area contributed by atoms with Gasteiger partial charge in [0, 0.05) is 6.42 Å². The molecule has 8 nitrogen and oxygen atoms in total. The average molecular weight is 343 g/mol. The average Bonchev–Trinajstić information content (AvgIpc) is 2.10. The van der Waals surface area contributed by atoms with Crippen LogP contribution >= 0.6 is 0 Å². The zero-order chi connectivity index (χ0) is 14.8. The summed E-state index contributed by atoms with van der Waals surface area (Å²) in [6.45, 7) is 7.79. The summed E-state index contributed by atoms with van der Waals surface area (Å²) < 4.78 is 23.7. The monoisotopic (exact) mass is 342 g/mol. The van der Waals surface area contributed by atoms with Crippen molar-refractivity contribution in [3.8, 4) is 0 Å². The van der Waals surface area contributed by atoms with E-state index in [0.717, 1.165) is 0 Å². The van der Waals surface area contributed by atoms with Crippen LogP contribution in [-0.2, 0) is 16.5 Å². The van der Waals surface area contributed by atoms with Gasteiger partial charge < -0.3 is 39.4 Å². The van der Waals surface area contributed by atoms with Gasteiger partial charge in [-0.15, -0.1) is 0 Å². The largest absolute Gasteiger partial charge is 0.420 e. The number of rotatable bonds is 3. The lowest BCUT2D eigenvalue weighted by molar-refractivity contribution is 0.257. The fourth-order valence-corrected chi connectivity index (χ4v) is 16.8. The molecule has 3 unspecified atom stereocenters. The smallest absolute Gasteiger partial charge is 0.334 e. The quantitative estimate of drug-likeness (QED) is 0.325. The zero-order valence-electron chi connectivity index (χ0n) is 12.0. The molecule has 12 heteroatoms. The summed E-state index contributed by atoms with van der Waals surface area (Å²) in [7, 11) is -7.91. The SMILES string of the molecule is C[SiH]1O[SiH](C)O[Si](C)(C(N)CC(N)(N)N)O[SiH](C)O1. The van der Waals surface area contributed by atoms with Crippen LogP contribution in [0.25, 0.3) is 0 Å². The third-order valence-electron chi connectivity index (χ3n) is 2.81. The second-order valence-electron chi connectivity index (χ2n) is 5.15. The molecule has 1 saturated heterocycles. The predicted octanol–water partition coefficient (Wildman–Crippen LogP) is -2.52. The van der Waals surface area contributed by atoms with Crippen LogP contribution in [-0.4, -0.2) is 47.9 Å². The fourth-order valence-electron chi connectivity index (χ4n) is 2.06. The minimum absolute atomic E-state index is 0.227. The molecular weight excluding hydrogens is 316 g/mol. The molecule has 114 valence electrons. The van der Waals surface area contributed by atoms with Crippen molar-refractivity contribution in [3.05, 3.63) is 0 Å². The highest BCUT2D eigenvalue weighted by Gasteiger charge is 2.46. The standard InChI is InChI=1S/C7H26N4O4Si4/c1-16-12-17(2)14-19(4,15-18(3)13-16)6(8)5-7(9,10)11/h6,16-18H,5,8-11H2,1-4H3. The summed E-state index contributed by atoms with van der Waals surface area (Å²) in [6.07, 6.45) is 0.227. The molecular formula is C7H26N4O4Si4. The van der Waals surface area contributed by atoms with E-state index in [9.17, 15) is 0 Å². The minimum Gasteiger partial charge on any atom is -0.420 e. The van der Waals surface area contributed by atoms with E-state index in [1.54, 1.807) is 0 Å². The van der Waals surface area contributed by atoms with Crippen LogP contribution in [0.1, 0.15) is 6.42 Å². The van der Waals surface area contributed by atoms with Crippen molar-refractivity contribution in [2.24, 2.45) is 22.9 Å². The predicted molar refractivity (Wildman–Crippen MR) is 82.9 cm³/mol. The minimum atomic E-state index is -2.65.